The maximum Gasteiger partial charge on any atom is 0.272 e. The predicted molar refractivity (Wildman–Crippen MR) is 108 cm³/mol. The molecule has 1 aliphatic heterocycles. The summed E-state index contributed by atoms with van der Waals surface area (Å²) >= 11 is 6.11. The van der Waals surface area contributed by atoms with Crippen LogP contribution in [0.15, 0.2) is 24.5 Å². The molecular weight excluding hydrogens is 418 g/mol. The second-order valence-corrected chi connectivity index (χ2v) is 7.70. The third-order valence-electron chi connectivity index (χ3n) is 5.11. The molecule has 0 saturated carbocycles. The fraction of sp³-hybridized carbons (Fsp3) is 0.450. The molecule has 0 aromatic carbocycles. The topological polar surface area (TPSA) is 87.2 Å². The normalized spacial score (nSPS) is 18.9. The van der Waals surface area contributed by atoms with Crippen LogP contribution in [0.25, 0.3) is 0 Å². The first-order chi connectivity index (χ1) is 14.2. The maximum atomic E-state index is 13.6. The molecule has 2 aromatic heterocycles. The monoisotopic (exact) mass is 440 g/mol. The first kappa shape index (κ1) is 22.3. The fourth-order valence-electron chi connectivity index (χ4n) is 3.46. The van der Waals surface area contributed by atoms with Crippen LogP contribution in [0.3, 0.4) is 0 Å². The van der Waals surface area contributed by atoms with Crippen LogP contribution >= 0.6 is 11.6 Å². The molecule has 2 aromatic rings. The van der Waals surface area contributed by atoms with Gasteiger partial charge < -0.3 is 19.9 Å². The van der Waals surface area contributed by atoms with Crippen molar-refractivity contribution in [2.24, 2.45) is 0 Å². The highest BCUT2D eigenvalue weighted by atomic mass is 35.5. The first-order valence-corrected chi connectivity index (χ1v) is 10.0. The number of quaternary nitrogens is 1. The number of hydrogen-bond acceptors (Lipinski definition) is 5. The molecule has 30 heavy (non-hydrogen) atoms. The van der Waals surface area contributed by atoms with Crippen LogP contribution in [0.1, 0.15) is 49.4 Å². The van der Waals surface area contributed by atoms with Gasteiger partial charge in [0.1, 0.15) is 30.0 Å². The quantitative estimate of drug-likeness (QED) is 0.478. The summed E-state index contributed by atoms with van der Waals surface area (Å²) in [5, 5.41) is 16.5. The standard InChI is InChI=1S/C20H23ClF2N4O3/c1-3-4-18(28)26-19-15-10-27(29,9-13(15)5-6-24-19)12(2)14-7-16(21)20(25-8-14)30-11-17(22)23/h5-8,12,17H,3-4,9-11H2,1-2H3,(H,24,26,28). The van der Waals surface area contributed by atoms with E-state index < -0.39 is 23.7 Å². The number of ether oxygens (including phenoxy) is 1. The molecule has 2 atom stereocenters. The van der Waals surface area contributed by atoms with Gasteiger partial charge in [-0.2, -0.15) is 0 Å². The van der Waals surface area contributed by atoms with Gasteiger partial charge in [0.2, 0.25) is 11.8 Å². The zero-order chi connectivity index (χ0) is 21.9. The van der Waals surface area contributed by atoms with Crippen molar-refractivity contribution in [3.63, 3.8) is 0 Å². The average molecular weight is 441 g/mol. The highest BCUT2D eigenvalue weighted by molar-refractivity contribution is 6.31. The van der Waals surface area contributed by atoms with Crippen molar-refractivity contribution in [3.8, 4) is 5.88 Å². The van der Waals surface area contributed by atoms with E-state index >= 15 is 0 Å². The molecule has 3 rings (SSSR count). The van der Waals surface area contributed by atoms with Crippen molar-refractivity contribution in [2.75, 3.05) is 11.9 Å². The number of aromatic nitrogens is 2. The summed E-state index contributed by atoms with van der Waals surface area (Å²) in [6, 6.07) is 2.76. The van der Waals surface area contributed by atoms with E-state index in [0.717, 1.165) is 11.1 Å². The number of hydroxylamine groups is 3. The minimum absolute atomic E-state index is 0.0671. The van der Waals surface area contributed by atoms with Gasteiger partial charge in [-0.15, -0.1) is 0 Å². The second kappa shape index (κ2) is 9.20. The van der Waals surface area contributed by atoms with Gasteiger partial charge in [-0.1, -0.05) is 18.5 Å². The number of pyridine rings is 2. The lowest BCUT2D eigenvalue weighted by Gasteiger charge is -2.44. The zero-order valence-corrected chi connectivity index (χ0v) is 17.5. The molecule has 0 spiro atoms. The van der Waals surface area contributed by atoms with Crippen LogP contribution in [0.2, 0.25) is 5.02 Å². The number of hydrogen-bond donors (Lipinski definition) is 1. The summed E-state index contributed by atoms with van der Waals surface area (Å²) in [5.41, 5.74) is 2.12. The number of alkyl halides is 2. The molecule has 1 N–H and O–H groups in total. The molecule has 0 aliphatic carbocycles. The minimum Gasteiger partial charge on any atom is -0.632 e. The summed E-state index contributed by atoms with van der Waals surface area (Å²) in [4.78, 5) is 20.2. The van der Waals surface area contributed by atoms with Gasteiger partial charge in [-0.25, -0.2) is 18.7 Å². The van der Waals surface area contributed by atoms with Crippen molar-refractivity contribution in [3.05, 3.63) is 51.4 Å². The number of nitrogens with zero attached hydrogens (tertiary/aromatic N) is 3. The Hall–Kier alpha value is -2.36. The number of halogens is 3. The van der Waals surface area contributed by atoms with Crippen LogP contribution in [-0.4, -0.2) is 33.6 Å². The molecule has 1 amide bonds. The van der Waals surface area contributed by atoms with E-state index in [1.807, 2.05) is 6.92 Å². The second-order valence-electron chi connectivity index (χ2n) is 7.30. The molecule has 0 fully saturated rings. The van der Waals surface area contributed by atoms with Crippen molar-refractivity contribution < 1.29 is 23.0 Å². The molecule has 2 unspecified atom stereocenters. The Bertz CT molecular complexity index is 931. The van der Waals surface area contributed by atoms with Crippen molar-refractivity contribution >= 4 is 23.3 Å². The van der Waals surface area contributed by atoms with Crippen molar-refractivity contribution in [1.82, 2.24) is 9.97 Å². The van der Waals surface area contributed by atoms with Crippen LogP contribution in [0, 0.1) is 5.21 Å². The van der Waals surface area contributed by atoms with Gasteiger partial charge in [0.25, 0.3) is 6.43 Å². The molecule has 0 bridgehead atoms. The first-order valence-electron chi connectivity index (χ1n) is 9.64. The van der Waals surface area contributed by atoms with Gasteiger partial charge in [0.05, 0.1) is 5.56 Å². The summed E-state index contributed by atoms with van der Waals surface area (Å²) < 4.78 is 28.9. The van der Waals surface area contributed by atoms with E-state index in [0.29, 0.717) is 24.2 Å². The number of anilines is 1. The van der Waals surface area contributed by atoms with Gasteiger partial charge >= 0.3 is 0 Å². The van der Waals surface area contributed by atoms with E-state index in [4.69, 9.17) is 16.3 Å². The van der Waals surface area contributed by atoms with E-state index in [1.54, 1.807) is 19.2 Å². The Labute approximate surface area is 178 Å². The number of fused-ring (bicyclic) bond motifs is 1. The Morgan fingerprint density at radius 1 is 1.40 bits per heavy atom. The van der Waals surface area contributed by atoms with Crippen LogP contribution < -0.4 is 10.1 Å². The lowest BCUT2D eigenvalue weighted by Crippen LogP contribution is -2.38. The third kappa shape index (κ3) is 4.85. The smallest absolute Gasteiger partial charge is 0.272 e. The number of amides is 1. The van der Waals surface area contributed by atoms with E-state index in [1.165, 1.54) is 12.3 Å². The Morgan fingerprint density at radius 2 is 2.17 bits per heavy atom. The van der Waals surface area contributed by atoms with Crippen LogP contribution in [0.5, 0.6) is 5.88 Å². The Balaban J connectivity index is 1.79. The number of rotatable bonds is 8. The molecule has 1 aliphatic rings. The van der Waals surface area contributed by atoms with E-state index in [9.17, 15) is 18.8 Å². The summed E-state index contributed by atoms with van der Waals surface area (Å²) in [6.07, 6.45) is 1.45. The third-order valence-corrected chi connectivity index (χ3v) is 5.39. The SMILES string of the molecule is CCCC(=O)Nc1nccc2c1C[N+]([O-])(C(C)c1cnc(OCC(F)F)c(Cl)c1)C2. The number of carbonyl (C=O) groups is 1. The molecule has 0 saturated heterocycles. The largest absolute Gasteiger partial charge is 0.632 e. The van der Waals surface area contributed by atoms with Gasteiger partial charge in [0, 0.05) is 29.9 Å². The van der Waals surface area contributed by atoms with E-state index in [2.05, 4.69) is 15.3 Å². The summed E-state index contributed by atoms with van der Waals surface area (Å²) in [7, 11) is 0. The lowest BCUT2D eigenvalue weighted by molar-refractivity contribution is -0.928. The fourth-order valence-corrected chi connectivity index (χ4v) is 3.69. The molecular formula is C20H23ClF2N4O3. The Kier molecular flexibility index (Phi) is 6.84. The molecule has 7 nitrogen and oxygen atoms in total. The highest BCUT2D eigenvalue weighted by Crippen LogP contribution is 2.41. The number of nitrogens with one attached hydrogen (secondary N) is 1. The van der Waals surface area contributed by atoms with Gasteiger partial charge in [-0.05, 0) is 25.5 Å². The maximum absolute atomic E-state index is 13.6. The van der Waals surface area contributed by atoms with Crippen LogP contribution in [-0.2, 0) is 17.9 Å². The summed E-state index contributed by atoms with van der Waals surface area (Å²) in [6.45, 7) is 3.20. The lowest BCUT2D eigenvalue weighted by atomic mass is 10.1. The van der Waals surface area contributed by atoms with Crippen molar-refractivity contribution in [1.29, 1.82) is 0 Å². The molecule has 0 radical (unpaired) electrons. The molecule has 162 valence electrons. The van der Waals surface area contributed by atoms with Gasteiger partial charge in [-0.3, -0.25) is 4.79 Å². The highest BCUT2D eigenvalue weighted by Gasteiger charge is 2.37. The number of carbonyl (C=O) groups excluding carboxylic acids is 1. The molecule has 10 heteroatoms. The van der Waals surface area contributed by atoms with E-state index in [-0.39, 0.29) is 29.9 Å². The zero-order valence-electron chi connectivity index (χ0n) is 16.7. The van der Waals surface area contributed by atoms with Gasteiger partial charge in [0.15, 0.2) is 6.61 Å². The Morgan fingerprint density at radius 3 is 2.83 bits per heavy atom. The molecule has 3 heterocycles. The predicted octanol–water partition coefficient (Wildman–Crippen LogP) is 4.60. The minimum atomic E-state index is -2.64. The van der Waals surface area contributed by atoms with Crippen molar-refractivity contribution in [2.45, 2.75) is 52.2 Å². The average Bonchev–Trinajstić information content (AvgIpc) is 3.05. The van der Waals surface area contributed by atoms with Crippen LogP contribution in [0.4, 0.5) is 14.6 Å². The summed E-state index contributed by atoms with van der Waals surface area (Å²) in [5.74, 6) is 0.179.